The third kappa shape index (κ3) is 2.59. The standard InChI is InChI=1S/C8H11N7O2/c9-6-3-5(1-2-7(6)15(10)16)17-4-8-11-13-14-12-8/h1-3,16H,4,9-10H2,(H,11,12,13,14). The molecule has 2 aromatic rings. The number of hydrogen-bond acceptors (Lipinski definition) is 8. The summed E-state index contributed by atoms with van der Waals surface area (Å²) >= 11 is 0. The normalized spacial score (nSPS) is 10.2. The molecule has 9 nitrogen and oxygen atoms in total. The van der Waals surface area contributed by atoms with Crippen molar-refractivity contribution in [1.82, 2.24) is 20.6 Å². The number of aromatic amines is 1. The van der Waals surface area contributed by atoms with E-state index >= 15 is 0 Å². The fourth-order valence-corrected chi connectivity index (χ4v) is 1.22. The second-order valence-corrected chi connectivity index (χ2v) is 3.18. The van der Waals surface area contributed by atoms with Gasteiger partial charge in [0.05, 0.1) is 5.69 Å². The van der Waals surface area contributed by atoms with Gasteiger partial charge in [-0.2, -0.15) is 10.4 Å². The summed E-state index contributed by atoms with van der Waals surface area (Å²) in [6.45, 7) is 0.167. The van der Waals surface area contributed by atoms with Crippen molar-refractivity contribution in [2.24, 2.45) is 5.84 Å². The lowest BCUT2D eigenvalue weighted by atomic mass is 10.2. The summed E-state index contributed by atoms with van der Waals surface area (Å²) < 4.78 is 5.36. The van der Waals surface area contributed by atoms with Crippen LogP contribution in [0.25, 0.3) is 0 Å². The lowest BCUT2D eigenvalue weighted by Gasteiger charge is -2.13. The van der Waals surface area contributed by atoms with Crippen LogP contribution in [0.2, 0.25) is 0 Å². The molecule has 0 aliphatic carbocycles. The maximum atomic E-state index is 9.03. The van der Waals surface area contributed by atoms with Gasteiger partial charge in [-0.3, -0.25) is 5.21 Å². The number of nitrogen functional groups attached to an aromatic ring is 1. The van der Waals surface area contributed by atoms with Gasteiger partial charge in [0.2, 0.25) is 5.82 Å². The molecule has 0 saturated heterocycles. The Morgan fingerprint density at radius 3 is 2.88 bits per heavy atom. The largest absolute Gasteiger partial charge is 0.485 e. The molecule has 0 bridgehead atoms. The minimum Gasteiger partial charge on any atom is -0.485 e. The number of aromatic nitrogens is 4. The molecule has 6 N–H and O–H groups in total. The van der Waals surface area contributed by atoms with Crippen molar-refractivity contribution in [1.29, 1.82) is 0 Å². The van der Waals surface area contributed by atoms with Gasteiger partial charge in [-0.25, -0.2) is 5.84 Å². The quantitative estimate of drug-likeness (QED) is 0.315. The predicted octanol–water partition coefficient (Wildman–Crippen LogP) is -0.570. The summed E-state index contributed by atoms with van der Waals surface area (Å²) in [5.74, 6) is 6.09. The van der Waals surface area contributed by atoms with Crippen LogP contribution >= 0.6 is 0 Å². The van der Waals surface area contributed by atoms with E-state index in [4.69, 9.17) is 21.5 Å². The number of benzene rings is 1. The number of hydrazine groups is 1. The van der Waals surface area contributed by atoms with Gasteiger partial charge in [0.15, 0.2) is 6.61 Å². The Balaban J connectivity index is 2.05. The van der Waals surface area contributed by atoms with Gasteiger partial charge in [-0.1, -0.05) is 5.21 Å². The monoisotopic (exact) mass is 237 g/mol. The first kappa shape index (κ1) is 11.1. The molecule has 17 heavy (non-hydrogen) atoms. The summed E-state index contributed by atoms with van der Waals surface area (Å²) in [7, 11) is 0. The lowest BCUT2D eigenvalue weighted by molar-refractivity contribution is 0.258. The smallest absolute Gasteiger partial charge is 0.211 e. The fraction of sp³-hybridized carbons (Fsp3) is 0.125. The van der Waals surface area contributed by atoms with E-state index in [1.54, 1.807) is 6.07 Å². The van der Waals surface area contributed by atoms with Crippen molar-refractivity contribution in [3.05, 3.63) is 24.0 Å². The van der Waals surface area contributed by atoms with E-state index in [0.717, 1.165) is 0 Å². The summed E-state index contributed by atoms with van der Waals surface area (Å²) in [4.78, 5) is 0. The zero-order valence-electron chi connectivity index (χ0n) is 8.74. The van der Waals surface area contributed by atoms with Crippen LogP contribution in [-0.2, 0) is 6.61 Å². The van der Waals surface area contributed by atoms with Crippen LogP contribution in [-0.4, -0.2) is 25.8 Å². The Kier molecular flexibility index (Phi) is 3.03. The van der Waals surface area contributed by atoms with E-state index in [1.807, 2.05) is 0 Å². The van der Waals surface area contributed by atoms with Crippen LogP contribution in [0, 0.1) is 0 Å². The van der Waals surface area contributed by atoms with Gasteiger partial charge in [0.25, 0.3) is 0 Å². The molecule has 0 fully saturated rings. The van der Waals surface area contributed by atoms with Crippen LogP contribution < -0.4 is 21.5 Å². The van der Waals surface area contributed by atoms with Crippen molar-refractivity contribution < 1.29 is 9.94 Å². The van der Waals surface area contributed by atoms with Crippen molar-refractivity contribution in [2.45, 2.75) is 6.61 Å². The first-order valence-corrected chi connectivity index (χ1v) is 4.65. The van der Waals surface area contributed by atoms with Crippen LogP contribution in [0.3, 0.4) is 0 Å². The highest BCUT2D eigenvalue weighted by Crippen LogP contribution is 2.25. The third-order valence-electron chi connectivity index (χ3n) is 2.00. The van der Waals surface area contributed by atoms with Crippen molar-refractivity contribution >= 4 is 11.4 Å². The van der Waals surface area contributed by atoms with Crippen LogP contribution in [0.1, 0.15) is 5.82 Å². The predicted molar refractivity (Wildman–Crippen MR) is 57.8 cm³/mol. The van der Waals surface area contributed by atoms with Crippen molar-refractivity contribution in [3.8, 4) is 5.75 Å². The third-order valence-corrected chi connectivity index (χ3v) is 2.00. The number of nitrogens with zero attached hydrogens (tertiary/aromatic N) is 4. The summed E-state index contributed by atoms with van der Waals surface area (Å²) in [5, 5.41) is 22.6. The zero-order valence-corrected chi connectivity index (χ0v) is 8.74. The molecule has 90 valence electrons. The first-order chi connectivity index (χ1) is 8.16. The van der Waals surface area contributed by atoms with Gasteiger partial charge >= 0.3 is 0 Å². The Morgan fingerprint density at radius 1 is 1.47 bits per heavy atom. The maximum absolute atomic E-state index is 9.03. The fourth-order valence-electron chi connectivity index (χ4n) is 1.22. The molecule has 9 heteroatoms. The Labute approximate surface area is 95.9 Å². The van der Waals surface area contributed by atoms with Gasteiger partial charge in [-0.05, 0) is 12.1 Å². The van der Waals surface area contributed by atoms with E-state index in [9.17, 15) is 0 Å². The molecule has 0 unspecified atom stereocenters. The number of hydrogen-bond donors (Lipinski definition) is 4. The molecule has 0 atom stereocenters. The summed E-state index contributed by atoms with van der Waals surface area (Å²) in [5.41, 5.74) is 6.24. The molecular formula is C8H11N7O2. The topological polar surface area (TPSA) is 139 Å². The van der Waals surface area contributed by atoms with Gasteiger partial charge in [0.1, 0.15) is 11.4 Å². The molecule has 0 aliphatic rings. The number of nitrogens with two attached hydrogens (primary N) is 2. The van der Waals surface area contributed by atoms with Crippen LogP contribution in [0.4, 0.5) is 11.4 Å². The van der Waals surface area contributed by atoms with E-state index < -0.39 is 0 Å². The SMILES string of the molecule is Nc1cc(OCc2nn[nH]n2)ccc1N(N)O. The highest BCUT2D eigenvalue weighted by molar-refractivity contribution is 5.67. The van der Waals surface area contributed by atoms with Crippen molar-refractivity contribution in [2.75, 3.05) is 10.9 Å². The molecule has 0 saturated carbocycles. The van der Waals surface area contributed by atoms with E-state index in [2.05, 4.69) is 20.6 Å². The number of ether oxygens (including phenoxy) is 1. The molecule has 1 heterocycles. The van der Waals surface area contributed by atoms with E-state index in [0.29, 0.717) is 22.4 Å². The second kappa shape index (κ2) is 4.63. The second-order valence-electron chi connectivity index (χ2n) is 3.18. The number of tetrazole rings is 1. The lowest BCUT2D eigenvalue weighted by Crippen LogP contribution is -2.26. The zero-order chi connectivity index (χ0) is 12.3. The van der Waals surface area contributed by atoms with Crippen LogP contribution in [0.15, 0.2) is 18.2 Å². The average Bonchev–Trinajstić information content (AvgIpc) is 2.78. The summed E-state index contributed by atoms with van der Waals surface area (Å²) in [6.07, 6.45) is 0. The minimum atomic E-state index is 0.167. The molecule has 1 aromatic carbocycles. The van der Waals surface area contributed by atoms with Gasteiger partial charge < -0.3 is 10.5 Å². The Morgan fingerprint density at radius 2 is 2.29 bits per heavy atom. The number of anilines is 2. The molecule has 1 aromatic heterocycles. The minimum absolute atomic E-state index is 0.167. The highest BCUT2D eigenvalue weighted by atomic mass is 16.5. The first-order valence-electron chi connectivity index (χ1n) is 4.65. The van der Waals surface area contributed by atoms with Gasteiger partial charge in [0, 0.05) is 6.07 Å². The molecular weight excluding hydrogens is 226 g/mol. The highest BCUT2D eigenvalue weighted by Gasteiger charge is 2.06. The van der Waals surface area contributed by atoms with E-state index in [1.165, 1.54) is 12.1 Å². The Hall–Kier alpha value is -2.39. The molecule has 0 spiro atoms. The van der Waals surface area contributed by atoms with Gasteiger partial charge in [-0.15, -0.1) is 10.2 Å². The molecule has 0 amide bonds. The number of H-pyrrole nitrogens is 1. The molecule has 0 aliphatic heterocycles. The van der Waals surface area contributed by atoms with E-state index in [-0.39, 0.29) is 12.3 Å². The average molecular weight is 237 g/mol. The number of nitrogens with one attached hydrogen (secondary N) is 1. The number of rotatable bonds is 4. The van der Waals surface area contributed by atoms with Crippen molar-refractivity contribution in [3.63, 3.8) is 0 Å². The summed E-state index contributed by atoms with van der Waals surface area (Å²) in [6, 6.07) is 4.67. The maximum Gasteiger partial charge on any atom is 0.211 e. The van der Waals surface area contributed by atoms with Crippen LogP contribution in [0.5, 0.6) is 5.75 Å². The molecule has 2 rings (SSSR count). The Bertz CT molecular complexity index is 485. The molecule has 0 radical (unpaired) electrons.